The molecule has 184 valence electrons. The zero-order valence-corrected chi connectivity index (χ0v) is 20.4. The number of hydrogen-bond donors (Lipinski definition) is 1. The van der Waals surface area contributed by atoms with E-state index in [-0.39, 0.29) is 17.3 Å². The maximum absolute atomic E-state index is 13.5. The van der Waals surface area contributed by atoms with Gasteiger partial charge in [0.1, 0.15) is 11.3 Å². The number of methoxy groups -OCH3 is 1. The molecule has 1 heterocycles. The van der Waals surface area contributed by atoms with Crippen LogP contribution in [0.3, 0.4) is 0 Å². The molecule has 4 rings (SSSR count). The van der Waals surface area contributed by atoms with Gasteiger partial charge in [-0.1, -0.05) is 30.3 Å². The molecule has 0 radical (unpaired) electrons. The summed E-state index contributed by atoms with van der Waals surface area (Å²) in [4.78, 5) is 42.2. The number of rotatable bonds is 7. The summed E-state index contributed by atoms with van der Waals surface area (Å²) in [6.07, 6.45) is 1.62. The Balaban J connectivity index is 1.50. The van der Waals surface area contributed by atoms with Gasteiger partial charge in [0.2, 0.25) is 0 Å². The number of benzene rings is 3. The maximum Gasteiger partial charge on any atom is 0.261 e. The van der Waals surface area contributed by atoms with Gasteiger partial charge in [-0.3, -0.25) is 14.4 Å². The summed E-state index contributed by atoms with van der Waals surface area (Å²) in [5.41, 5.74) is 3.10. The summed E-state index contributed by atoms with van der Waals surface area (Å²) in [7, 11) is 1.59. The maximum atomic E-state index is 13.5. The number of nitrogens with zero attached hydrogens (tertiary/aromatic N) is 2. The highest BCUT2D eigenvalue weighted by Crippen LogP contribution is 2.21. The van der Waals surface area contributed by atoms with Gasteiger partial charge < -0.3 is 19.9 Å². The van der Waals surface area contributed by atoms with Crippen molar-refractivity contribution >= 4 is 35.0 Å². The van der Waals surface area contributed by atoms with Crippen molar-refractivity contribution in [2.45, 2.75) is 6.92 Å². The van der Waals surface area contributed by atoms with E-state index >= 15 is 0 Å². The number of carbonyl (C=O) groups is 3. The summed E-state index contributed by atoms with van der Waals surface area (Å²) in [5.74, 6) is -0.0433. The van der Waals surface area contributed by atoms with Gasteiger partial charge in [0.15, 0.2) is 5.78 Å². The molecular weight excluding hydrogens is 454 g/mol. The van der Waals surface area contributed by atoms with E-state index in [4.69, 9.17) is 4.74 Å². The highest BCUT2D eigenvalue weighted by atomic mass is 16.5. The van der Waals surface area contributed by atoms with Crippen LogP contribution in [0, 0.1) is 0 Å². The van der Waals surface area contributed by atoms with Crippen LogP contribution in [0.1, 0.15) is 22.8 Å². The third-order valence-electron chi connectivity index (χ3n) is 6.14. The van der Waals surface area contributed by atoms with Crippen molar-refractivity contribution in [2.75, 3.05) is 43.5 Å². The smallest absolute Gasteiger partial charge is 0.261 e. The number of anilines is 2. The molecule has 1 aliphatic rings. The van der Waals surface area contributed by atoms with Gasteiger partial charge in [-0.15, -0.1) is 0 Å². The molecule has 2 amide bonds. The van der Waals surface area contributed by atoms with E-state index in [9.17, 15) is 14.4 Å². The van der Waals surface area contributed by atoms with Crippen LogP contribution in [-0.4, -0.2) is 55.8 Å². The molecule has 1 fully saturated rings. The highest BCUT2D eigenvalue weighted by molar-refractivity contribution is 6.25. The number of amides is 2. The van der Waals surface area contributed by atoms with E-state index in [2.05, 4.69) is 10.2 Å². The Labute approximate surface area is 211 Å². The molecule has 0 aliphatic carbocycles. The van der Waals surface area contributed by atoms with E-state index in [0.717, 1.165) is 11.3 Å². The van der Waals surface area contributed by atoms with E-state index in [1.807, 2.05) is 54.6 Å². The molecule has 0 atom stereocenters. The SMILES string of the molecule is COc1ccc(C=C(C(=O)Nc2ccccc2)C(=O)N2CCN(c3ccc(C(C)=O)cc3)CC2)cc1. The molecule has 0 bridgehead atoms. The zero-order chi connectivity index (χ0) is 25.5. The van der Waals surface area contributed by atoms with Crippen LogP contribution >= 0.6 is 0 Å². The van der Waals surface area contributed by atoms with Crippen LogP contribution in [0.15, 0.2) is 84.4 Å². The number of nitrogens with one attached hydrogen (secondary N) is 1. The Morgan fingerprint density at radius 2 is 1.47 bits per heavy atom. The van der Waals surface area contributed by atoms with E-state index in [1.54, 1.807) is 49.3 Å². The molecule has 36 heavy (non-hydrogen) atoms. The predicted octanol–water partition coefficient (Wildman–Crippen LogP) is 4.27. The second-order valence-corrected chi connectivity index (χ2v) is 8.53. The third-order valence-corrected chi connectivity index (χ3v) is 6.14. The Kier molecular flexibility index (Phi) is 7.80. The first-order chi connectivity index (χ1) is 17.4. The zero-order valence-electron chi connectivity index (χ0n) is 20.4. The van der Waals surface area contributed by atoms with E-state index < -0.39 is 5.91 Å². The number of Topliss-reactive ketones (excluding diaryl/α,β-unsaturated/α-hetero) is 1. The lowest BCUT2D eigenvalue weighted by Crippen LogP contribution is -2.50. The topological polar surface area (TPSA) is 79.0 Å². The number of ketones is 1. The largest absolute Gasteiger partial charge is 0.497 e. The number of para-hydroxylation sites is 1. The fraction of sp³-hybridized carbons (Fsp3) is 0.207. The van der Waals surface area contributed by atoms with Gasteiger partial charge in [0.05, 0.1) is 7.11 Å². The minimum atomic E-state index is -0.454. The Morgan fingerprint density at radius 1 is 0.833 bits per heavy atom. The van der Waals surface area contributed by atoms with Crippen molar-refractivity contribution in [1.82, 2.24) is 4.90 Å². The van der Waals surface area contributed by atoms with Gasteiger partial charge in [0, 0.05) is 43.1 Å². The van der Waals surface area contributed by atoms with Crippen LogP contribution < -0.4 is 15.0 Å². The van der Waals surface area contributed by atoms with Crippen LogP contribution in [0.2, 0.25) is 0 Å². The van der Waals surface area contributed by atoms with Crippen LogP contribution in [-0.2, 0) is 9.59 Å². The minimum Gasteiger partial charge on any atom is -0.497 e. The predicted molar refractivity (Wildman–Crippen MR) is 141 cm³/mol. The monoisotopic (exact) mass is 483 g/mol. The Bertz CT molecular complexity index is 1240. The molecular formula is C29H29N3O4. The third kappa shape index (κ3) is 5.99. The molecule has 0 aromatic heterocycles. The molecule has 3 aromatic rings. The molecule has 1 N–H and O–H groups in total. The Hall–Kier alpha value is -4.39. The van der Waals surface area contributed by atoms with Gasteiger partial charge in [-0.25, -0.2) is 0 Å². The van der Waals surface area contributed by atoms with E-state index in [1.165, 1.54) is 0 Å². The molecule has 0 saturated carbocycles. The van der Waals surface area contributed by atoms with Crippen molar-refractivity contribution in [3.63, 3.8) is 0 Å². The lowest BCUT2D eigenvalue weighted by atomic mass is 10.1. The van der Waals surface area contributed by atoms with E-state index in [0.29, 0.717) is 43.2 Å². The quantitative estimate of drug-likeness (QED) is 0.235. The average Bonchev–Trinajstić information content (AvgIpc) is 2.92. The first-order valence-electron chi connectivity index (χ1n) is 11.8. The Morgan fingerprint density at radius 3 is 2.06 bits per heavy atom. The van der Waals surface area contributed by atoms with Crippen molar-refractivity contribution < 1.29 is 19.1 Å². The average molecular weight is 484 g/mol. The van der Waals surface area contributed by atoms with Crippen molar-refractivity contribution in [1.29, 1.82) is 0 Å². The van der Waals surface area contributed by atoms with Crippen LogP contribution in [0.5, 0.6) is 5.75 Å². The molecule has 0 unspecified atom stereocenters. The lowest BCUT2D eigenvalue weighted by molar-refractivity contribution is -0.129. The molecule has 7 nitrogen and oxygen atoms in total. The molecule has 7 heteroatoms. The van der Waals surface area contributed by atoms with Gasteiger partial charge in [-0.2, -0.15) is 0 Å². The van der Waals surface area contributed by atoms with Crippen molar-refractivity contribution in [3.8, 4) is 5.75 Å². The summed E-state index contributed by atoms with van der Waals surface area (Å²) in [6, 6.07) is 23.8. The summed E-state index contributed by atoms with van der Waals surface area (Å²) in [6.45, 7) is 3.75. The number of hydrogen-bond acceptors (Lipinski definition) is 5. The second-order valence-electron chi connectivity index (χ2n) is 8.53. The normalized spacial score (nSPS) is 13.8. The number of piperazine rings is 1. The summed E-state index contributed by atoms with van der Waals surface area (Å²) >= 11 is 0. The van der Waals surface area contributed by atoms with Gasteiger partial charge in [0.25, 0.3) is 11.8 Å². The standard InChI is InChI=1S/C29H29N3O4/c1-21(33)23-10-12-25(13-11-23)31-16-18-32(19-17-31)29(35)27(20-22-8-14-26(36-2)15-9-22)28(34)30-24-6-4-3-5-7-24/h3-15,20H,16-19H2,1-2H3,(H,30,34). The summed E-state index contributed by atoms with van der Waals surface area (Å²) < 4.78 is 5.21. The highest BCUT2D eigenvalue weighted by Gasteiger charge is 2.27. The molecule has 1 aliphatic heterocycles. The number of ether oxygens (including phenoxy) is 1. The van der Waals surface area contributed by atoms with Gasteiger partial charge >= 0.3 is 0 Å². The fourth-order valence-corrected chi connectivity index (χ4v) is 4.06. The number of carbonyl (C=O) groups excluding carboxylic acids is 3. The lowest BCUT2D eigenvalue weighted by Gasteiger charge is -2.36. The minimum absolute atomic E-state index is 0.0296. The fourth-order valence-electron chi connectivity index (χ4n) is 4.06. The molecule has 0 spiro atoms. The van der Waals surface area contributed by atoms with Crippen LogP contribution in [0.25, 0.3) is 6.08 Å². The van der Waals surface area contributed by atoms with Crippen molar-refractivity contribution in [3.05, 3.63) is 95.6 Å². The van der Waals surface area contributed by atoms with Gasteiger partial charge in [-0.05, 0) is 67.1 Å². The second kappa shape index (κ2) is 11.4. The molecule has 3 aromatic carbocycles. The first-order valence-corrected chi connectivity index (χ1v) is 11.8. The van der Waals surface area contributed by atoms with Crippen LogP contribution in [0.4, 0.5) is 11.4 Å². The van der Waals surface area contributed by atoms with Crippen molar-refractivity contribution in [2.24, 2.45) is 0 Å². The molecule has 1 saturated heterocycles. The first kappa shape index (κ1) is 24.7. The summed E-state index contributed by atoms with van der Waals surface area (Å²) in [5, 5.41) is 2.84.